The van der Waals surface area contributed by atoms with E-state index in [1.807, 2.05) is 22.6 Å². The van der Waals surface area contributed by atoms with Gasteiger partial charge >= 0.3 is 6.18 Å². The summed E-state index contributed by atoms with van der Waals surface area (Å²) in [7, 11) is 0. The summed E-state index contributed by atoms with van der Waals surface area (Å²) >= 11 is 8.08. The lowest BCUT2D eigenvalue weighted by atomic mass is 10.0. The first-order valence-electron chi connectivity index (χ1n) is 9.27. The van der Waals surface area contributed by atoms with Crippen molar-refractivity contribution in [2.75, 3.05) is 4.90 Å². The van der Waals surface area contributed by atoms with Crippen LogP contribution >= 0.6 is 34.2 Å². The van der Waals surface area contributed by atoms with Gasteiger partial charge in [-0.3, -0.25) is 14.5 Å². The Hall–Kier alpha value is -2.60. The van der Waals surface area contributed by atoms with Gasteiger partial charge in [0, 0.05) is 15.7 Å². The fourth-order valence-corrected chi connectivity index (χ4v) is 4.15. The van der Waals surface area contributed by atoms with Crippen molar-refractivity contribution in [3.63, 3.8) is 0 Å². The van der Waals surface area contributed by atoms with Crippen molar-refractivity contribution in [1.82, 2.24) is 9.78 Å². The maximum atomic E-state index is 13.6. The lowest BCUT2D eigenvalue weighted by molar-refractivity contribution is -0.141. The summed E-state index contributed by atoms with van der Waals surface area (Å²) < 4.78 is 42.0. The number of benzene rings is 2. The molecule has 168 valence electrons. The van der Waals surface area contributed by atoms with E-state index in [0.29, 0.717) is 3.57 Å². The quantitative estimate of drug-likeness (QED) is 0.419. The molecule has 3 aromatic rings. The van der Waals surface area contributed by atoms with Gasteiger partial charge in [0.1, 0.15) is 5.82 Å². The fourth-order valence-electron chi connectivity index (χ4n) is 3.17. The highest BCUT2D eigenvalue weighted by atomic mass is 127. The van der Waals surface area contributed by atoms with Gasteiger partial charge in [0.05, 0.1) is 21.8 Å². The summed E-state index contributed by atoms with van der Waals surface area (Å²) in [5.41, 5.74) is 4.40. The molecule has 0 aliphatic carbocycles. The van der Waals surface area contributed by atoms with E-state index in [0.717, 1.165) is 15.6 Å². The Labute approximate surface area is 200 Å². The van der Waals surface area contributed by atoms with E-state index < -0.39 is 29.7 Å². The Morgan fingerprint density at radius 2 is 1.81 bits per heavy atom. The third-order valence-electron chi connectivity index (χ3n) is 4.53. The molecule has 11 heteroatoms. The van der Waals surface area contributed by atoms with Gasteiger partial charge in [0.2, 0.25) is 0 Å². The third-order valence-corrected chi connectivity index (χ3v) is 5.75. The number of hydrogen-bond acceptors (Lipinski definition) is 3. The second-order valence-corrected chi connectivity index (χ2v) is 8.61. The first-order chi connectivity index (χ1) is 14.9. The molecular formula is C21H17ClF3IN4O2. The van der Waals surface area contributed by atoms with Crippen LogP contribution in [0.15, 0.2) is 48.5 Å². The Balaban J connectivity index is 2.27. The van der Waals surface area contributed by atoms with Crippen LogP contribution in [-0.4, -0.2) is 27.6 Å². The molecule has 0 bridgehead atoms. The molecule has 32 heavy (non-hydrogen) atoms. The van der Waals surface area contributed by atoms with Crippen molar-refractivity contribution in [3.05, 3.63) is 73.9 Å². The van der Waals surface area contributed by atoms with Crippen LogP contribution in [0.3, 0.4) is 0 Å². The number of anilines is 1. The predicted molar refractivity (Wildman–Crippen MR) is 123 cm³/mol. The molecule has 6 nitrogen and oxygen atoms in total. The zero-order chi connectivity index (χ0) is 23.8. The molecule has 0 fully saturated rings. The third kappa shape index (κ3) is 4.60. The Morgan fingerprint density at radius 1 is 1.16 bits per heavy atom. The average Bonchev–Trinajstić information content (AvgIpc) is 3.12. The highest BCUT2D eigenvalue weighted by molar-refractivity contribution is 14.1. The lowest BCUT2D eigenvalue weighted by Gasteiger charge is -2.28. The summed E-state index contributed by atoms with van der Waals surface area (Å²) in [6.07, 6.45) is -4.76. The van der Waals surface area contributed by atoms with Crippen LogP contribution in [0, 0.1) is 3.57 Å². The molecule has 0 aliphatic heterocycles. The molecule has 2 aromatic carbocycles. The number of halogens is 5. The largest absolute Gasteiger partial charge is 0.435 e. The van der Waals surface area contributed by atoms with Crippen molar-refractivity contribution in [2.24, 2.45) is 5.73 Å². The minimum absolute atomic E-state index is 0.0106. The van der Waals surface area contributed by atoms with Crippen LogP contribution in [0.4, 0.5) is 19.0 Å². The first kappa shape index (κ1) is 24.1. The summed E-state index contributed by atoms with van der Waals surface area (Å²) in [5.74, 6) is -1.67. The minimum Gasteiger partial charge on any atom is -0.366 e. The van der Waals surface area contributed by atoms with Crippen molar-refractivity contribution in [3.8, 4) is 5.69 Å². The van der Waals surface area contributed by atoms with E-state index in [-0.39, 0.29) is 27.7 Å². The summed E-state index contributed by atoms with van der Waals surface area (Å²) in [5, 5.41) is 3.83. The van der Waals surface area contributed by atoms with E-state index in [4.69, 9.17) is 17.3 Å². The van der Waals surface area contributed by atoms with E-state index >= 15 is 0 Å². The van der Waals surface area contributed by atoms with Gasteiger partial charge in [-0.05, 0) is 60.7 Å². The molecule has 0 saturated carbocycles. The number of alkyl halides is 3. The van der Waals surface area contributed by atoms with Crippen LogP contribution in [0.1, 0.15) is 40.3 Å². The highest BCUT2D eigenvalue weighted by Crippen LogP contribution is 2.35. The predicted octanol–water partition coefficient (Wildman–Crippen LogP) is 5.30. The molecule has 3 rings (SSSR count). The molecular weight excluding hydrogens is 560 g/mol. The number of carbonyl (C=O) groups excluding carboxylic acids is 2. The molecule has 0 unspecified atom stereocenters. The first-order valence-corrected chi connectivity index (χ1v) is 10.7. The van der Waals surface area contributed by atoms with Gasteiger partial charge < -0.3 is 5.73 Å². The van der Waals surface area contributed by atoms with Gasteiger partial charge in [-0.15, -0.1) is 0 Å². The van der Waals surface area contributed by atoms with Gasteiger partial charge in [0.15, 0.2) is 5.69 Å². The Bertz CT molecular complexity index is 1190. The summed E-state index contributed by atoms with van der Waals surface area (Å²) in [4.78, 5) is 26.7. The number of primary amides is 1. The van der Waals surface area contributed by atoms with E-state index in [1.165, 1.54) is 18.2 Å². The molecule has 2 amide bonds. The van der Waals surface area contributed by atoms with Crippen LogP contribution in [-0.2, 0) is 6.18 Å². The van der Waals surface area contributed by atoms with E-state index in [9.17, 15) is 22.8 Å². The van der Waals surface area contributed by atoms with Crippen LogP contribution in [0.2, 0.25) is 5.02 Å². The van der Waals surface area contributed by atoms with Gasteiger partial charge in [-0.2, -0.15) is 18.3 Å². The molecule has 0 aliphatic rings. The van der Waals surface area contributed by atoms with Crippen LogP contribution in [0.5, 0.6) is 0 Å². The maximum absolute atomic E-state index is 13.6. The number of para-hydroxylation sites is 1. The van der Waals surface area contributed by atoms with Crippen LogP contribution < -0.4 is 10.6 Å². The SMILES string of the molecule is CC(C)N(C(=O)c1cccc(I)c1C(N)=O)c1cc(C(F)(F)F)nn1-c1ccccc1Cl. The monoisotopic (exact) mass is 576 g/mol. The zero-order valence-corrected chi connectivity index (χ0v) is 19.7. The standard InChI is InChI=1S/C21H17ClF3IN4O2/c1-11(2)29(20(32)12-6-5-8-14(26)18(12)19(27)31)17-10-16(21(23,24)25)28-30(17)15-9-4-3-7-13(15)22/h3-11H,1-2H3,(H2,27,31). The molecule has 1 aromatic heterocycles. The number of amides is 2. The maximum Gasteiger partial charge on any atom is 0.435 e. The Kier molecular flexibility index (Phi) is 6.84. The molecule has 0 radical (unpaired) electrons. The average molecular weight is 577 g/mol. The molecule has 2 N–H and O–H groups in total. The minimum atomic E-state index is -4.76. The number of aromatic nitrogens is 2. The smallest absolute Gasteiger partial charge is 0.366 e. The number of carbonyl (C=O) groups is 2. The number of rotatable bonds is 5. The molecule has 1 heterocycles. The number of nitrogens with two attached hydrogens (primary N) is 1. The zero-order valence-electron chi connectivity index (χ0n) is 16.8. The topological polar surface area (TPSA) is 81.2 Å². The van der Waals surface area contributed by atoms with Gasteiger partial charge in [0.25, 0.3) is 11.8 Å². The highest BCUT2D eigenvalue weighted by Gasteiger charge is 2.38. The van der Waals surface area contributed by atoms with Crippen molar-refractivity contribution < 1.29 is 22.8 Å². The normalized spacial score (nSPS) is 11.6. The van der Waals surface area contributed by atoms with Gasteiger partial charge in [-0.25, -0.2) is 4.68 Å². The Morgan fingerprint density at radius 3 is 2.38 bits per heavy atom. The number of hydrogen-bond donors (Lipinski definition) is 1. The summed E-state index contributed by atoms with van der Waals surface area (Å²) in [6, 6.07) is 11.0. The van der Waals surface area contributed by atoms with Gasteiger partial charge in [-0.1, -0.05) is 29.8 Å². The fraction of sp³-hybridized carbons (Fsp3) is 0.190. The number of nitrogens with zero attached hydrogens (tertiary/aromatic N) is 3. The molecule has 0 atom stereocenters. The van der Waals surface area contributed by atoms with Crippen molar-refractivity contribution in [2.45, 2.75) is 26.1 Å². The van der Waals surface area contributed by atoms with Crippen molar-refractivity contribution >= 4 is 51.8 Å². The second-order valence-electron chi connectivity index (χ2n) is 7.04. The van der Waals surface area contributed by atoms with Crippen molar-refractivity contribution in [1.29, 1.82) is 0 Å². The van der Waals surface area contributed by atoms with E-state index in [1.54, 1.807) is 38.1 Å². The summed E-state index contributed by atoms with van der Waals surface area (Å²) in [6.45, 7) is 3.26. The lowest BCUT2D eigenvalue weighted by Crippen LogP contribution is -2.39. The second kappa shape index (κ2) is 9.10. The van der Waals surface area contributed by atoms with Crippen LogP contribution in [0.25, 0.3) is 5.69 Å². The molecule has 0 saturated heterocycles. The molecule has 0 spiro atoms. The van der Waals surface area contributed by atoms with E-state index in [2.05, 4.69) is 5.10 Å².